The van der Waals surface area contributed by atoms with Gasteiger partial charge in [0.1, 0.15) is 0 Å². The zero-order chi connectivity index (χ0) is 19.8. The molecule has 0 aliphatic carbocycles. The number of hydrogen-bond acceptors (Lipinski definition) is 2. The highest BCUT2D eigenvalue weighted by Crippen LogP contribution is 2.12. The summed E-state index contributed by atoms with van der Waals surface area (Å²) < 4.78 is 0. The Morgan fingerprint density at radius 3 is 1.22 bits per heavy atom. The fraction of sp³-hybridized carbons (Fsp3) is 1.00. The SMILES string of the molecule is CCCCCCCCCCCCCNC(N)CCCCCCCCCCC. The maximum Gasteiger partial charge on any atom is 0.0546 e. The normalized spacial score (nSPS) is 12.6. The molecule has 0 radical (unpaired) electrons. The zero-order valence-corrected chi connectivity index (χ0v) is 19.2. The molecule has 2 nitrogen and oxygen atoms in total. The second-order valence-electron chi connectivity index (χ2n) is 8.71. The van der Waals surface area contributed by atoms with E-state index in [9.17, 15) is 0 Å². The van der Waals surface area contributed by atoms with Crippen LogP contribution in [-0.2, 0) is 0 Å². The maximum atomic E-state index is 6.19. The van der Waals surface area contributed by atoms with Gasteiger partial charge in [-0.2, -0.15) is 0 Å². The lowest BCUT2D eigenvalue weighted by Crippen LogP contribution is -2.37. The highest BCUT2D eigenvalue weighted by molar-refractivity contribution is 4.60. The van der Waals surface area contributed by atoms with E-state index < -0.39 is 0 Å². The summed E-state index contributed by atoms with van der Waals surface area (Å²) in [5, 5.41) is 3.52. The number of nitrogens with one attached hydrogen (secondary N) is 1. The Morgan fingerprint density at radius 2 is 0.815 bits per heavy atom. The van der Waals surface area contributed by atoms with Crippen LogP contribution >= 0.6 is 0 Å². The quantitative estimate of drug-likeness (QED) is 0.138. The summed E-state index contributed by atoms with van der Waals surface area (Å²) >= 11 is 0. The van der Waals surface area contributed by atoms with Crippen molar-refractivity contribution in [2.24, 2.45) is 5.73 Å². The van der Waals surface area contributed by atoms with Crippen molar-refractivity contribution in [1.82, 2.24) is 5.32 Å². The molecular formula is C25H54N2. The Labute approximate surface area is 172 Å². The van der Waals surface area contributed by atoms with Crippen molar-refractivity contribution in [2.75, 3.05) is 6.54 Å². The van der Waals surface area contributed by atoms with Crippen molar-refractivity contribution in [2.45, 2.75) is 155 Å². The molecule has 0 fully saturated rings. The topological polar surface area (TPSA) is 38.0 Å². The zero-order valence-electron chi connectivity index (χ0n) is 19.2. The van der Waals surface area contributed by atoms with Crippen molar-refractivity contribution < 1.29 is 0 Å². The summed E-state index contributed by atoms with van der Waals surface area (Å²) in [5.74, 6) is 0. The Kier molecular flexibility index (Phi) is 23.9. The molecule has 1 unspecified atom stereocenters. The third-order valence-electron chi connectivity index (χ3n) is 5.81. The van der Waals surface area contributed by atoms with Gasteiger partial charge in [-0.05, 0) is 19.4 Å². The summed E-state index contributed by atoms with van der Waals surface area (Å²) in [4.78, 5) is 0. The van der Waals surface area contributed by atoms with Crippen molar-refractivity contribution in [3.05, 3.63) is 0 Å². The Bertz CT molecular complexity index is 255. The lowest BCUT2D eigenvalue weighted by Gasteiger charge is -2.13. The summed E-state index contributed by atoms with van der Waals surface area (Å²) in [5.41, 5.74) is 6.19. The van der Waals surface area contributed by atoms with E-state index in [2.05, 4.69) is 19.2 Å². The van der Waals surface area contributed by atoms with E-state index >= 15 is 0 Å². The predicted molar refractivity (Wildman–Crippen MR) is 124 cm³/mol. The van der Waals surface area contributed by atoms with Crippen molar-refractivity contribution in [3.8, 4) is 0 Å². The second-order valence-corrected chi connectivity index (χ2v) is 8.71. The molecule has 0 heterocycles. The van der Waals surface area contributed by atoms with E-state index in [0.717, 1.165) is 13.0 Å². The monoisotopic (exact) mass is 382 g/mol. The number of hydrogen-bond donors (Lipinski definition) is 2. The summed E-state index contributed by atoms with van der Waals surface area (Å²) in [6.07, 6.45) is 29.4. The van der Waals surface area contributed by atoms with E-state index in [4.69, 9.17) is 5.73 Å². The largest absolute Gasteiger partial charge is 0.316 e. The molecule has 0 saturated heterocycles. The van der Waals surface area contributed by atoms with Crippen LogP contribution in [0.15, 0.2) is 0 Å². The van der Waals surface area contributed by atoms with E-state index in [0.29, 0.717) is 0 Å². The van der Waals surface area contributed by atoms with Gasteiger partial charge in [0.15, 0.2) is 0 Å². The van der Waals surface area contributed by atoms with Crippen molar-refractivity contribution >= 4 is 0 Å². The van der Waals surface area contributed by atoms with Crippen LogP contribution < -0.4 is 11.1 Å². The molecule has 0 aliphatic rings. The third-order valence-corrected chi connectivity index (χ3v) is 5.81. The first-order chi connectivity index (χ1) is 13.3. The second kappa shape index (κ2) is 24.0. The van der Waals surface area contributed by atoms with E-state index in [1.807, 2.05) is 0 Å². The van der Waals surface area contributed by atoms with E-state index in [1.54, 1.807) is 0 Å². The average Bonchev–Trinajstić information content (AvgIpc) is 2.67. The average molecular weight is 383 g/mol. The summed E-state index contributed by atoms with van der Waals surface area (Å²) in [6, 6.07) is 0. The smallest absolute Gasteiger partial charge is 0.0546 e. The van der Waals surface area contributed by atoms with E-state index in [1.165, 1.54) is 128 Å². The molecule has 27 heavy (non-hydrogen) atoms. The van der Waals surface area contributed by atoms with Gasteiger partial charge in [-0.15, -0.1) is 0 Å². The minimum Gasteiger partial charge on any atom is -0.316 e. The maximum absolute atomic E-state index is 6.19. The van der Waals surface area contributed by atoms with Gasteiger partial charge in [0.05, 0.1) is 6.17 Å². The standard InChI is InChI=1S/C25H54N2/c1-3-5-7-9-11-13-14-16-18-20-22-24-27-25(26)23-21-19-17-15-12-10-8-6-4-2/h25,27H,3-24,26H2,1-2H3. The molecule has 3 N–H and O–H groups in total. The van der Waals surface area contributed by atoms with Gasteiger partial charge in [-0.3, -0.25) is 0 Å². The number of rotatable bonds is 23. The van der Waals surface area contributed by atoms with Crippen LogP contribution in [0.4, 0.5) is 0 Å². The fourth-order valence-corrected chi connectivity index (χ4v) is 3.85. The Hall–Kier alpha value is -0.0800. The summed E-state index contributed by atoms with van der Waals surface area (Å²) in [6.45, 7) is 5.68. The molecular weight excluding hydrogens is 328 g/mol. The molecule has 0 spiro atoms. The van der Waals surface area contributed by atoms with Crippen LogP contribution in [0.5, 0.6) is 0 Å². The van der Waals surface area contributed by atoms with Gasteiger partial charge < -0.3 is 11.1 Å². The Balaban J connectivity index is 3.12. The first kappa shape index (κ1) is 26.9. The molecule has 164 valence electrons. The first-order valence-corrected chi connectivity index (χ1v) is 12.8. The molecule has 0 aromatic heterocycles. The van der Waals surface area contributed by atoms with Crippen LogP contribution in [-0.4, -0.2) is 12.7 Å². The van der Waals surface area contributed by atoms with E-state index in [-0.39, 0.29) is 6.17 Å². The van der Waals surface area contributed by atoms with Crippen LogP contribution in [0.3, 0.4) is 0 Å². The molecule has 0 saturated carbocycles. The molecule has 0 rings (SSSR count). The van der Waals surface area contributed by atoms with Crippen LogP contribution in [0.25, 0.3) is 0 Å². The first-order valence-electron chi connectivity index (χ1n) is 12.8. The highest BCUT2D eigenvalue weighted by Gasteiger charge is 2.01. The number of unbranched alkanes of at least 4 members (excludes halogenated alkanes) is 18. The lowest BCUT2D eigenvalue weighted by molar-refractivity contribution is 0.450. The minimum atomic E-state index is 0.220. The van der Waals surface area contributed by atoms with Gasteiger partial charge in [-0.1, -0.05) is 136 Å². The fourth-order valence-electron chi connectivity index (χ4n) is 3.85. The summed E-state index contributed by atoms with van der Waals surface area (Å²) in [7, 11) is 0. The third kappa shape index (κ3) is 23.9. The minimum absolute atomic E-state index is 0.220. The highest BCUT2D eigenvalue weighted by atomic mass is 15.0. The Morgan fingerprint density at radius 1 is 0.481 bits per heavy atom. The van der Waals surface area contributed by atoms with Crippen molar-refractivity contribution in [3.63, 3.8) is 0 Å². The van der Waals surface area contributed by atoms with Gasteiger partial charge >= 0.3 is 0 Å². The molecule has 0 aromatic carbocycles. The predicted octanol–water partition coefficient (Wildman–Crippen LogP) is 8.09. The molecule has 0 amide bonds. The molecule has 1 atom stereocenters. The van der Waals surface area contributed by atoms with Gasteiger partial charge in [0.2, 0.25) is 0 Å². The van der Waals surface area contributed by atoms with Crippen LogP contribution in [0.2, 0.25) is 0 Å². The lowest BCUT2D eigenvalue weighted by atomic mass is 10.1. The molecule has 0 aliphatic heterocycles. The van der Waals surface area contributed by atoms with Gasteiger partial charge in [0, 0.05) is 0 Å². The molecule has 0 bridgehead atoms. The van der Waals surface area contributed by atoms with Gasteiger partial charge in [-0.25, -0.2) is 0 Å². The van der Waals surface area contributed by atoms with Crippen LogP contribution in [0.1, 0.15) is 149 Å². The van der Waals surface area contributed by atoms with Crippen LogP contribution in [0, 0.1) is 0 Å². The molecule has 0 aromatic rings. The number of nitrogens with two attached hydrogens (primary N) is 1. The van der Waals surface area contributed by atoms with Crippen molar-refractivity contribution in [1.29, 1.82) is 0 Å². The van der Waals surface area contributed by atoms with Gasteiger partial charge in [0.25, 0.3) is 0 Å². The molecule has 2 heteroatoms.